The lowest BCUT2D eigenvalue weighted by molar-refractivity contribution is 0.0334. The molecular formula is C17H21NO6. The summed E-state index contributed by atoms with van der Waals surface area (Å²) in [5, 5.41) is 0.260. The lowest BCUT2D eigenvalue weighted by Gasteiger charge is -2.11. The van der Waals surface area contributed by atoms with Crippen molar-refractivity contribution in [1.29, 1.82) is 0 Å². The van der Waals surface area contributed by atoms with E-state index in [1.165, 1.54) is 13.3 Å². The van der Waals surface area contributed by atoms with Crippen LogP contribution in [0.25, 0.3) is 10.9 Å². The second-order valence-corrected chi connectivity index (χ2v) is 4.81. The smallest absolute Gasteiger partial charge is 0.343 e. The van der Waals surface area contributed by atoms with Crippen LogP contribution >= 0.6 is 0 Å². The molecule has 7 heteroatoms. The molecule has 1 N–H and O–H groups in total. The normalized spacial score (nSPS) is 10.6. The average Bonchev–Trinajstić information content (AvgIpc) is 2.59. The number of rotatable bonds is 8. The highest BCUT2D eigenvalue weighted by Gasteiger charge is 2.19. The Kier molecular flexibility index (Phi) is 6.20. The van der Waals surface area contributed by atoms with E-state index in [1.54, 1.807) is 12.1 Å². The van der Waals surface area contributed by atoms with E-state index in [9.17, 15) is 9.59 Å². The summed E-state index contributed by atoms with van der Waals surface area (Å²) in [5.41, 5.74) is -0.0833. The summed E-state index contributed by atoms with van der Waals surface area (Å²) >= 11 is 0. The van der Waals surface area contributed by atoms with Crippen molar-refractivity contribution in [2.45, 2.75) is 13.8 Å². The summed E-state index contributed by atoms with van der Waals surface area (Å²) in [7, 11) is 1.50. The molecule has 0 fully saturated rings. The molecule has 0 saturated carbocycles. The fraction of sp³-hybridized carbons (Fsp3) is 0.412. The molecule has 0 amide bonds. The average molecular weight is 335 g/mol. The SMILES string of the molecule is CCOCCOC(=O)c1c[nH]c2c(OC)ccc(OCC)c2c1=O. The molecule has 7 nitrogen and oxygen atoms in total. The van der Waals surface area contributed by atoms with Crippen molar-refractivity contribution >= 4 is 16.9 Å². The van der Waals surface area contributed by atoms with E-state index in [2.05, 4.69) is 4.98 Å². The highest BCUT2D eigenvalue weighted by Crippen LogP contribution is 2.29. The van der Waals surface area contributed by atoms with Crippen molar-refractivity contribution in [2.75, 3.05) is 33.5 Å². The van der Waals surface area contributed by atoms with Gasteiger partial charge >= 0.3 is 5.97 Å². The van der Waals surface area contributed by atoms with E-state index in [-0.39, 0.29) is 24.2 Å². The van der Waals surface area contributed by atoms with Crippen LogP contribution in [0, 0.1) is 0 Å². The monoisotopic (exact) mass is 335 g/mol. The Morgan fingerprint density at radius 3 is 2.54 bits per heavy atom. The predicted octanol–water partition coefficient (Wildman–Crippen LogP) is 2.13. The summed E-state index contributed by atoms with van der Waals surface area (Å²) in [5.74, 6) is 0.170. The first kappa shape index (κ1) is 17.8. The molecule has 2 aromatic rings. The summed E-state index contributed by atoms with van der Waals surface area (Å²) in [6.45, 7) is 4.95. The number of hydrogen-bond donors (Lipinski definition) is 1. The minimum Gasteiger partial charge on any atom is -0.495 e. The number of H-pyrrole nitrogens is 1. The van der Waals surface area contributed by atoms with Crippen LogP contribution in [0.3, 0.4) is 0 Å². The molecule has 0 radical (unpaired) electrons. The molecule has 1 aromatic heterocycles. The first-order valence-corrected chi connectivity index (χ1v) is 7.74. The van der Waals surface area contributed by atoms with Crippen molar-refractivity contribution < 1.29 is 23.7 Å². The number of aromatic amines is 1. The third-order valence-corrected chi connectivity index (χ3v) is 3.37. The Morgan fingerprint density at radius 1 is 1.12 bits per heavy atom. The molecule has 2 rings (SSSR count). The second-order valence-electron chi connectivity index (χ2n) is 4.81. The van der Waals surface area contributed by atoms with Crippen molar-refractivity contribution in [1.82, 2.24) is 4.98 Å². The fourth-order valence-electron chi connectivity index (χ4n) is 2.29. The third kappa shape index (κ3) is 3.68. The number of ether oxygens (including phenoxy) is 4. The molecule has 1 heterocycles. The van der Waals surface area contributed by atoms with Gasteiger partial charge in [-0.3, -0.25) is 4.79 Å². The Morgan fingerprint density at radius 2 is 1.88 bits per heavy atom. The van der Waals surface area contributed by atoms with Crippen LogP contribution in [0.15, 0.2) is 23.1 Å². The van der Waals surface area contributed by atoms with Crippen LogP contribution in [0.2, 0.25) is 0 Å². The van der Waals surface area contributed by atoms with Gasteiger partial charge in [0.05, 0.1) is 31.2 Å². The molecule has 0 saturated heterocycles. The van der Waals surface area contributed by atoms with Crippen molar-refractivity contribution in [3.05, 3.63) is 34.1 Å². The van der Waals surface area contributed by atoms with Gasteiger partial charge in [-0.1, -0.05) is 0 Å². The molecule has 0 aliphatic heterocycles. The predicted molar refractivity (Wildman–Crippen MR) is 89.1 cm³/mol. The van der Waals surface area contributed by atoms with Crippen molar-refractivity contribution in [3.8, 4) is 11.5 Å². The lowest BCUT2D eigenvalue weighted by Crippen LogP contribution is -2.20. The van der Waals surface area contributed by atoms with Crippen LogP contribution in [-0.4, -0.2) is 44.5 Å². The minimum absolute atomic E-state index is 0.0839. The number of methoxy groups -OCH3 is 1. The topological polar surface area (TPSA) is 86.8 Å². The number of fused-ring (bicyclic) bond motifs is 1. The van der Waals surface area contributed by atoms with E-state index in [0.29, 0.717) is 30.2 Å². The van der Waals surface area contributed by atoms with E-state index in [1.807, 2.05) is 13.8 Å². The summed E-state index contributed by atoms with van der Waals surface area (Å²) in [6.07, 6.45) is 1.33. The number of benzene rings is 1. The molecular weight excluding hydrogens is 314 g/mol. The van der Waals surface area contributed by atoms with Crippen LogP contribution in [-0.2, 0) is 9.47 Å². The lowest BCUT2D eigenvalue weighted by atomic mass is 10.1. The van der Waals surface area contributed by atoms with Crippen LogP contribution in [0.5, 0.6) is 11.5 Å². The zero-order valence-electron chi connectivity index (χ0n) is 14.0. The van der Waals surface area contributed by atoms with Gasteiger partial charge in [-0.05, 0) is 26.0 Å². The Labute approximate surface area is 139 Å². The standard InChI is InChI=1S/C17H21NO6/c1-4-22-8-9-24-17(20)11-10-18-15-13(21-3)7-6-12(23-5-2)14(15)16(11)19/h6-7,10H,4-5,8-9H2,1-3H3,(H,18,19). The van der Waals surface area contributed by atoms with E-state index in [0.717, 1.165) is 0 Å². The third-order valence-electron chi connectivity index (χ3n) is 3.37. The molecule has 0 atom stereocenters. The fourth-order valence-corrected chi connectivity index (χ4v) is 2.29. The van der Waals surface area contributed by atoms with Crippen LogP contribution < -0.4 is 14.9 Å². The quantitative estimate of drug-likeness (QED) is 0.587. The van der Waals surface area contributed by atoms with E-state index < -0.39 is 11.4 Å². The molecule has 0 unspecified atom stereocenters. The van der Waals surface area contributed by atoms with Crippen molar-refractivity contribution in [2.24, 2.45) is 0 Å². The van der Waals surface area contributed by atoms with Gasteiger partial charge in [0.1, 0.15) is 23.7 Å². The number of aromatic nitrogens is 1. The number of pyridine rings is 1. The van der Waals surface area contributed by atoms with Gasteiger partial charge in [-0.25, -0.2) is 4.79 Å². The first-order chi connectivity index (χ1) is 11.6. The van der Waals surface area contributed by atoms with Gasteiger partial charge in [0, 0.05) is 12.8 Å². The summed E-state index contributed by atoms with van der Waals surface area (Å²) in [4.78, 5) is 27.8. The number of carbonyl (C=O) groups excluding carboxylic acids is 1. The van der Waals surface area contributed by atoms with Gasteiger partial charge in [0.2, 0.25) is 5.43 Å². The van der Waals surface area contributed by atoms with E-state index >= 15 is 0 Å². The summed E-state index contributed by atoms with van der Waals surface area (Å²) in [6, 6.07) is 3.34. The Hall–Kier alpha value is -2.54. The van der Waals surface area contributed by atoms with Gasteiger partial charge in [0.25, 0.3) is 0 Å². The second kappa shape index (κ2) is 8.35. The number of carbonyl (C=O) groups is 1. The molecule has 130 valence electrons. The zero-order chi connectivity index (χ0) is 17.5. The largest absolute Gasteiger partial charge is 0.495 e. The molecule has 0 aliphatic carbocycles. The number of esters is 1. The minimum atomic E-state index is -0.705. The van der Waals surface area contributed by atoms with Crippen LogP contribution in [0.4, 0.5) is 0 Å². The molecule has 0 aliphatic rings. The number of nitrogens with one attached hydrogen (secondary N) is 1. The highest BCUT2D eigenvalue weighted by atomic mass is 16.6. The Bertz CT molecular complexity index is 768. The maximum absolute atomic E-state index is 12.7. The van der Waals surface area contributed by atoms with Gasteiger partial charge in [-0.2, -0.15) is 0 Å². The molecule has 1 aromatic carbocycles. The zero-order valence-corrected chi connectivity index (χ0v) is 14.0. The van der Waals surface area contributed by atoms with Gasteiger partial charge in [0.15, 0.2) is 0 Å². The summed E-state index contributed by atoms with van der Waals surface area (Å²) < 4.78 is 20.9. The molecule has 0 spiro atoms. The van der Waals surface area contributed by atoms with Gasteiger partial charge < -0.3 is 23.9 Å². The van der Waals surface area contributed by atoms with E-state index in [4.69, 9.17) is 18.9 Å². The highest BCUT2D eigenvalue weighted by molar-refractivity contribution is 5.97. The first-order valence-electron chi connectivity index (χ1n) is 7.74. The molecule has 24 heavy (non-hydrogen) atoms. The molecule has 0 bridgehead atoms. The van der Waals surface area contributed by atoms with Crippen molar-refractivity contribution in [3.63, 3.8) is 0 Å². The number of hydrogen-bond acceptors (Lipinski definition) is 6. The maximum Gasteiger partial charge on any atom is 0.343 e. The Balaban J connectivity index is 2.43. The van der Waals surface area contributed by atoms with Crippen LogP contribution in [0.1, 0.15) is 24.2 Å². The van der Waals surface area contributed by atoms with Gasteiger partial charge in [-0.15, -0.1) is 0 Å². The maximum atomic E-state index is 12.7.